The average Bonchev–Trinajstić information content (AvgIpc) is 2.65. The van der Waals surface area contributed by atoms with Crippen LogP contribution in [-0.2, 0) is 16.0 Å². The van der Waals surface area contributed by atoms with Crippen molar-refractivity contribution in [2.75, 3.05) is 40.4 Å². The molecule has 0 spiro atoms. The Labute approximate surface area is 169 Å². The van der Waals surface area contributed by atoms with Crippen molar-refractivity contribution in [2.24, 2.45) is 5.92 Å². The van der Waals surface area contributed by atoms with E-state index < -0.39 is 0 Å². The number of piperidine rings is 1. The van der Waals surface area contributed by atoms with E-state index in [4.69, 9.17) is 9.47 Å². The highest BCUT2D eigenvalue weighted by Gasteiger charge is 2.28. The Morgan fingerprint density at radius 2 is 1.67 bits per heavy atom. The summed E-state index contributed by atoms with van der Waals surface area (Å²) in [7, 11) is 3.55. The fourth-order valence-corrected chi connectivity index (χ4v) is 3.73. The molecule has 150 valence electrons. The maximum absolute atomic E-state index is 12.7. The molecule has 0 aromatic heterocycles. The smallest absolute Gasteiger partial charge is 0.227 e. The van der Waals surface area contributed by atoms with Crippen molar-refractivity contribution in [3.05, 3.63) is 22.2 Å². The van der Waals surface area contributed by atoms with Crippen LogP contribution in [-0.4, -0.2) is 62.0 Å². The van der Waals surface area contributed by atoms with Crippen molar-refractivity contribution in [2.45, 2.75) is 33.1 Å². The SMILES string of the molecule is CCOc1cc(Br)c(CC(=O)N2CCC(C(=O)N(C)C)CC2)cc1OCC. The fourth-order valence-electron chi connectivity index (χ4n) is 3.27. The summed E-state index contributed by atoms with van der Waals surface area (Å²) >= 11 is 3.54. The molecule has 6 nitrogen and oxygen atoms in total. The van der Waals surface area contributed by atoms with Crippen LogP contribution in [0.25, 0.3) is 0 Å². The largest absolute Gasteiger partial charge is 0.490 e. The molecule has 1 aromatic rings. The average molecular weight is 441 g/mol. The summed E-state index contributed by atoms with van der Waals surface area (Å²) in [5.41, 5.74) is 0.874. The van der Waals surface area contributed by atoms with Crippen molar-refractivity contribution in [3.63, 3.8) is 0 Å². The predicted octanol–water partition coefficient (Wildman–Crippen LogP) is 3.12. The summed E-state index contributed by atoms with van der Waals surface area (Å²) in [6.07, 6.45) is 1.73. The summed E-state index contributed by atoms with van der Waals surface area (Å²) in [5, 5.41) is 0. The van der Waals surface area contributed by atoms with Gasteiger partial charge in [-0.25, -0.2) is 0 Å². The zero-order valence-corrected chi connectivity index (χ0v) is 18.2. The van der Waals surface area contributed by atoms with E-state index in [1.54, 1.807) is 19.0 Å². The van der Waals surface area contributed by atoms with Gasteiger partial charge in [-0.2, -0.15) is 0 Å². The Kier molecular flexibility index (Phi) is 7.95. The maximum Gasteiger partial charge on any atom is 0.227 e. The molecule has 0 unspecified atom stereocenters. The third-order valence-electron chi connectivity index (χ3n) is 4.69. The van der Waals surface area contributed by atoms with Gasteiger partial charge in [0.15, 0.2) is 11.5 Å². The van der Waals surface area contributed by atoms with Gasteiger partial charge in [0, 0.05) is 37.6 Å². The van der Waals surface area contributed by atoms with Crippen molar-refractivity contribution in [1.82, 2.24) is 9.80 Å². The zero-order chi connectivity index (χ0) is 20.0. The van der Waals surface area contributed by atoms with Crippen LogP contribution in [0.4, 0.5) is 0 Å². The molecule has 0 aliphatic carbocycles. The highest BCUT2D eigenvalue weighted by Crippen LogP contribution is 2.34. The molecular weight excluding hydrogens is 412 g/mol. The number of halogens is 1. The molecule has 27 heavy (non-hydrogen) atoms. The van der Waals surface area contributed by atoms with Gasteiger partial charge in [-0.3, -0.25) is 9.59 Å². The van der Waals surface area contributed by atoms with E-state index in [0.29, 0.717) is 44.2 Å². The van der Waals surface area contributed by atoms with E-state index in [1.807, 2.05) is 30.9 Å². The molecule has 2 rings (SSSR count). The van der Waals surface area contributed by atoms with E-state index in [9.17, 15) is 9.59 Å². The van der Waals surface area contributed by atoms with Crippen LogP contribution in [0.1, 0.15) is 32.3 Å². The zero-order valence-electron chi connectivity index (χ0n) is 16.6. The molecule has 7 heteroatoms. The second-order valence-electron chi connectivity index (χ2n) is 6.82. The van der Waals surface area contributed by atoms with Crippen LogP contribution in [0.2, 0.25) is 0 Å². The Bertz CT molecular complexity index is 670. The van der Waals surface area contributed by atoms with Gasteiger partial charge in [-0.15, -0.1) is 0 Å². The standard InChI is InChI=1S/C20H29BrN2O4/c1-5-26-17-11-15(16(21)13-18(17)27-6-2)12-19(24)23-9-7-14(8-10-23)20(25)22(3)4/h11,13-14H,5-10,12H2,1-4H3. The third kappa shape index (κ3) is 5.61. The molecule has 1 aliphatic heterocycles. The van der Waals surface area contributed by atoms with Gasteiger partial charge in [0.2, 0.25) is 11.8 Å². The van der Waals surface area contributed by atoms with E-state index in [1.165, 1.54) is 0 Å². The summed E-state index contributed by atoms with van der Waals surface area (Å²) in [4.78, 5) is 28.3. The molecule has 1 saturated heterocycles. The van der Waals surface area contributed by atoms with Crippen molar-refractivity contribution in [3.8, 4) is 11.5 Å². The van der Waals surface area contributed by atoms with E-state index in [2.05, 4.69) is 15.9 Å². The van der Waals surface area contributed by atoms with Crippen LogP contribution in [0.5, 0.6) is 11.5 Å². The van der Waals surface area contributed by atoms with Gasteiger partial charge in [-0.05, 0) is 44.4 Å². The van der Waals surface area contributed by atoms with Crippen molar-refractivity contribution < 1.29 is 19.1 Å². The van der Waals surface area contributed by atoms with Crippen molar-refractivity contribution >= 4 is 27.7 Å². The summed E-state index contributed by atoms with van der Waals surface area (Å²) < 4.78 is 12.1. The first-order valence-electron chi connectivity index (χ1n) is 9.44. The van der Waals surface area contributed by atoms with Gasteiger partial charge in [0.25, 0.3) is 0 Å². The highest BCUT2D eigenvalue weighted by molar-refractivity contribution is 9.10. The normalized spacial score (nSPS) is 14.8. The van der Waals surface area contributed by atoms with E-state index >= 15 is 0 Å². The molecule has 2 amide bonds. The second-order valence-corrected chi connectivity index (χ2v) is 7.68. The lowest BCUT2D eigenvalue weighted by Crippen LogP contribution is -2.43. The number of ether oxygens (including phenoxy) is 2. The highest BCUT2D eigenvalue weighted by atomic mass is 79.9. The third-order valence-corrected chi connectivity index (χ3v) is 5.43. The molecule has 1 fully saturated rings. The molecule has 0 radical (unpaired) electrons. The number of benzene rings is 1. The van der Waals surface area contributed by atoms with E-state index in [0.717, 1.165) is 22.9 Å². The van der Waals surface area contributed by atoms with E-state index in [-0.39, 0.29) is 17.7 Å². The van der Waals surface area contributed by atoms with Gasteiger partial charge in [-0.1, -0.05) is 15.9 Å². The lowest BCUT2D eigenvalue weighted by atomic mass is 9.95. The molecular formula is C20H29BrN2O4. The quantitative estimate of drug-likeness (QED) is 0.653. The summed E-state index contributed by atoms with van der Waals surface area (Å²) in [5.74, 6) is 1.56. The number of carbonyl (C=O) groups is 2. The Balaban J connectivity index is 2.03. The van der Waals surface area contributed by atoms with Crippen LogP contribution in [0.3, 0.4) is 0 Å². The molecule has 0 atom stereocenters. The second kappa shape index (κ2) is 9.97. The molecule has 0 saturated carbocycles. The maximum atomic E-state index is 12.7. The monoisotopic (exact) mass is 440 g/mol. The Morgan fingerprint density at radius 3 is 2.19 bits per heavy atom. The first-order chi connectivity index (χ1) is 12.9. The molecule has 1 aliphatic rings. The van der Waals surface area contributed by atoms with Crippen molar-refractivity contribution in [1.29, 1.82) is 0 Å². The van der Waals surface area contributed by atoms with Crippen LogP contribution in [0.15, 0.2) is 16.6 Å². The predicted molar refractivity (Wildman–Crippen MR) is 108 cm³/mol. The number of hydrogen-bond donors (Lipinski definition) is 0. The van der Waals surface area contributed by atoms with Crippen LogP contribution >= 0.6 is 15.9 Å². The molecule has 1 aromatic carbocycles. The number of hydrogen-bond acceptors (Lipinski definition) is 4. The summed E-state index contributed by atoms with van der Waals surface area (Å²) in [6, 6.07) is 3.73. The number of rotatable bonds is 7. The molecule has 0 bridgehead atoms. The Hall–Kier alpha value is -1.76. The molecule has 1 heterocycles. The van der Waals surface area contributed by atoms with Gasteiger partial charge < -0.3 is 19.3 Å². The lowest BCUT2D eigenvalue weighted by molar-refractivity contribution is -0.138. The van der Waals surface area contributed by atoms with Gasteiger partial charge in [0.05, 0.1) is 19.6 Å². The first-order valence-corrected chi connectivity index (χ1v) is 10.2. The molecule has 0 N–H and O–H groups in total. The Morgan fingerprint density at radius 1 is 1.11 bits per heavy atom. The first kappa shape index (κ1) is 21.5. The van der Waals surface area contributed by atoms with Crippen LogP contribution < -0.4 is 9.47 Å². The number of carbonyl (C=O) groups excluding carboxylic acids is 2. The number of likely N-dealkylation sites (tertiary alicyclic amines) is 1. The number of nitrogens with zero attached hydrogens (tertiary/aromatic N) is 2. The van der Waals surface area contributed by atoms with Gasteiger partial charge in [0.1, 0.15) is 0 Å². The lowest BCUT2D eigenvalue weighted by Gasteiger charge is -2.32. The van der Waals surface area contributed by atoms with Crippen LogP contribution in [0, 0.1) is 5.92 Å². The minimum Gasteiger partial charge on any atom is -0.490 e. The fraction of sp³-hybridized carbons (Fsp3) is 0.600. The van der Waals surface area contributed by atoms with Gasteiger partial charge >= 0.3 is 0 Å². The topological polar surface area (TPSA) is 59.1 Å². The minimum absolute atomic E-state index is 0.0193. The minimum atomic E-state index is 0.0193. The summed E-state index contributed by atoms with van der Waals surface area (Å²) in [6.45, 7) is 6.16. The number of amides is 2.